The van der Waals surface area contributed by atoms with Gasteiger partial charge in [0, 0.05) is 11.5 Å². The number of nitrogens with one attached hydrogen (secondary N) is 1. The van der Waals surface area contributed by atoms with Crippen molar-refractivity contribution in [2.75, 3.05) is 0 Å². The molecule has 8 nitrogen and oxygen atoms in total. The van der Waals surface area contributed by atoms with Crippen LogP contribution in [0, 0.1) is 0 Å². The molecule has 3 rings (SSSR count). The molecule has 2 heterocycles. The number of aromatic hydroxyl groups is 1. The highest BCUT2D eigenvalue weighted by atomic mass is 32.2. The highest BCUT2D eigenvalue weighted by molar-refractivity contribution is 7.90. The summed E-state index contributed by atoms with van der Waals surface area (Å²) < 4.78 is 29.9. The molecule has 0 atom stereocenters. The number of H-pyrrole nitrogens is 1. The molecule has 0 unspecified atom stereocenters. The van der Waals surface area contributed by atoms with Crippen molar-refractivity contribution in [1.82, 2.24) is 8.96 Å². The molecule has 1 aromatic carbocycles. The number of hydrogen-bond acceptors (Lipinski definition) is 6. The molecule has 2 aromatic heterocycles. The van der Waals surface area contributed by atoms with Crippen LogP contribution in [0.25, 0.3) is 11.0 Å². The van der Waals surface area contributed by atoms with E-state index < -0.39 is 27.2 Å². The molecule has 2 N–H and O–H groups in total. The molecule has 0 saturated carbocycles. The van der Waals surface area contributed by atoms with E-state index in [1.165, 1.54) is 24.3 Å². The largest absolute Gasteiger partial charge is 0.493 e. The van der Waals surface area contributed by atoms with Gasteiger partial charge in [-0.25, -0.2) is 18.0 Å². The average Bonchev–Trinajstić information content (AvgIpc) is 2.77. The maximum Gasteiger partial charge on any atom is 0.342 e. The minimum Gasteiger partial charge on any atom is -0.493 e. The van der Waals surface area contributed by atoms with Crippen LogP contribution in [0.2, 0.25) is 0 Å². The lowest BCUT2D eigenvalue weighted by atomic mass is 10.2. The summed E-state index contributed by atoms with van der Waals surface area (Å²) in [5, 5.41) is 9.55. The maximum atomic E-state index is 12.3. The van der Waals surface area contributed by atoms with Crippen LogP contribution in [-0.4, -0.2) is 22.5 Å². The molecular weight excluding hydrogens is 300 g/mol. The molecule has 108 valence electrons. The molecule has 0 saturated heterocycles. The Morgan fingerprint density at radius 2 is 1.90 bits per heavy atom. The van der Waals surface area contributed by atoms with Gasteiger partial charge in [0.15, 0.2) is 0 Å². The van der Waals surface area contributed by atoms with Crippen LogP contribution in [0.1, 0.15) is 0 Å². The third-order valence-electron chi connectivity index (χ3n) is 2.82. The van der Waals surface area contributed by atoms with Gasteiger partial charge in [-0.15, -0.1) is 0 Å². The number of aromatic amines is 1. The minimum atomic E-state index is -4.16. The smallest absolute Gasteiger partial charge is 0.342 e. The van der Waals surface area contributed by atoms with Gasteiger partial charge < -0.3 is 9.52 Å². The Kier molecular flexibility index (Phi) is 2.73. The van der Waals surface area contributed by atoms with Crippen LogP contribution in [0.3, 0.4) is 0 Å². The monoisotopic (exact) mass is 308 g/mol. The van der Waals surface area contributed by atoms with Crippen LogP contribution in [0.15, 0.2) is 55.4 Å². The molecule has 0 aliphatic carbocycles. The number of benzene rings is 1. The minimum absolute atomic E-state index is 0.176. The molecule has 0 amide bonds. The van der Waals surface area contributed by atoms with Gasteiger partial charge in [-0.05, 0) is 24.3 Å². The fourth-order valence-corrected chi connectivity index (χ4v) is 3.11. The first kappa shape index (κ1) is 13.2. The van der Waals surface area contributed by atoms with Crippen molar-refractivity contribution in [2.45, 2.75) is 4.90 Å². The van der Waals surface area contributed by atoms with E-state index in [9.17, 15) is 18.0 Å². The zero-order chi connectivity index (χ0) is 15.2. The van der Waals surface area contributed by atoms with E-state index >= 15 is 0 Å². The lowest BCUT2D eigenvalue weighted by molar-refractivity contribution is 0.455. The Balaban J connectivity index is 2.24. The highest BCUT2D eigenvalue weighted by Crippen LogP contribution is 2.19. The Labute approximate surface area is 116 Å². The Morgan fingerprint density at radius 3 is 2.57 bits per heavy atom. The van der Waals surface area contributed by atoms with Crippen LogP contribution < -0.4 is 11.3 Å². The van der Waals surface area contributed by atoms with E-state index in [1.807, 2.05) is 4.98 Å². The molecule has 0 fully saturated rings. The van der Waals surface area contributed by atoms with Crippen molar-refractivity contribution in [3.8, 4) is 5.88 Å². The predicted octanol–water partition coefficient (Wildman–Crippen LogP) is 0.225. The van der Waals surface area contributed by atoms with Gasteiger partial charge in [-0.3, -0.25) is 4.98 Å². The molecule has 3 aromatic rings. The first-order chi connectivity index (χ1) is 9.88. The number of aromatic nitrogens is 2. The maximum absolute atomic E-state index is 12.3. The molecule has 0 bridgehead atoms. The van der Waals surface area contributed by atoms with E-state index in [1.54, 1.807) is 0 Å². The zero-order valence-corrected chi connectivity index (χ0v) is 11.1. The normalized spacial score (nSPS) is 11.8. The van der Waals surface area contributed by atoms with Gasteiger partial charge in [0.1, 0.15) is 5.58 Å². The van der Waals surface area contributed by atoms with Gasteiger partial charge in [-0.2, -0.15) is 3.97 Å². The quantitative estimate of drug-likeness (QED) is 0.653. The van der Waals surface area contributed by atoms with E-state index in [-0.39, 0.29) is 10.5 Å². The number of rotatable bonds is 2. The standard InChI is InChI=1S/C12H8N2O6S/c15-10-6-14(12(17)13-10)21(18,19)8-2-3-9-7(5-8)1-4-11(16)20-9/h1-6,15H,(H,13,17). The van der Waals surface area contributed by atoms with Crippen molar-refractivity contribution in [1.29, 1.82) is 0 Å². The van der Waals surface area contributed by atoms with Crippen molar-refractivity contribution >= 4 is 21.0 Å². The van der Waals surface area contributed by atoms with Gasteiger partial charge in [0.25, 0.3) is 10.0 Å². The highest BCUT2D eigenvalue weighted by Gasteiger charge is 2.21. The Morgan fingerprint density at radius 1 is 1.14 bits per heavy atom. The van der Waals surface area contributed by atoms with Gasteiger partial charge in [0.2, 0.25) is 5.88 Å². The fraction of sp³-hybridized carbons (Fsp3) is 0. The number of nitrogens with zero attached hydrogens (tertiary/aromatic N) is 1. The first-order valence-corrected chi connectivity index (χ1v) is 7.12. The summed E-state index contributed by atoms with van der Waals surface area (Å²) in [7, 11) is -4.16. The summed E-state index contributed by atoms with van der Waals surface area (Å²) >= 11 is 0. The summed E-state index contributed by atoms with van der Waals surface area (Å²) in [6, 6.07) is 6.37. The fourth-order valence-electron chi connectivity index (χ4n) is 1.87. The second kappa shape index (κ2) is 4.35. The summed E-state index contributed by atoms with van der Waals surface area (Å²) in [6.45, 7) is 0. The summed E-state index contributed by atoms with van der Waals surface area (Å²) in [6.07, 6.45) is 0.771. The van der Waals surface area contributed by atoms with Crippen molar-refractivity contribution in [2.24, 2.45) is 0 Å². The SMILES string of the molecule is O=c1ccc2cc(S(=O)(=O)n3cc(O)[nH]c3=O)ccc2o1. The van der Waals surface area contributed by atoms with Crippen molar-refractivity contribution in [3.63, 3.8) is 0 Å². The molecule has 9 heteroatoms. The zero-order valence-electron chi connectivity index (χ0n) is 10.3. The van der Waals surface area contributed by atoms with Gasteiger partial charge in [-0.1, -0.05) is 0 Å². The number of hydrogen-bond donors (Lipinski definition) is 2. The van der Waals surface area contributed by atoms with Gasteiger partial charge in [0.05, 0.1) is 11.1 Å². The van der Waals surface area contributed by atoms with E-state index in [2.05, 4.69) is 0 Å². The molecule has 0 aliphatic heterocycles. The third-order valence-corrected chi connectivity index (χ3v) is 4.46. The van der Waals surface area contributed by atoms with Crippen LogP contribution in [0.5, 0.6) is 5.88 Å². The van der Waals surface area contributed by atoms with Crippen molar-refractivity contribution in [3.05, 3.63) is 57.4 Å². The van der Waals surface area contributed by atoms with E-state index in [4.69, 9.17) is 9.52 Å². The third kappa shape index (κ3) is 2.13. The van der Waals surface area contributed by atoms with Crippen molar-refractivity contribution < 1.29 is 17.9 Å². The molecule has 0 radical (unpaired) electrons. The Bertz CT molecular complexity index is 1060. The average molecular weight is 308 g/mol. The predicted molar refractivity (Wildman–Crippen MR) is 71.8 cm³/mol. The first-order valence-electron chi connectivity index (χ1n) is 5.68. The van der Waals surface area contributed by atoms with Crippen LogP contribution >= 0.6 is 0 Å². The molecule has 0 aliphatic rings. The Hall–Kier alpha value is -2.81. The molecule has 0 spiro atoms. The summed E-state index contributed by atoms with van der Waals surface area (Å²) in [4.78, 5) is 24.3. The van der Waals surface area contributed by atoms with Crippen LogP contribution in [0.4, 0.5) is 0 Å². The summed E-state index contributed by atoms with van der Waals surface area (Å²) in [5.74, 6) is -0.560. The lowest BCUT2D eigenvalue weighted by Crippen LogP contribution is -2.24. The second-order valence-corrected chi connectivity index (χ2v) is 6.01. The van der Waals surface area contributed by atoms with E-state index in [0.717, 1.165) is 12.3 Å². The molecular formula is C12H8N2O6S. The van der Waals surface area contributed by atoms with Gasteiger partial charge >= 0.3 is 11.3 Å². The second-order valence-electron chi connectivity index (χ2n) is 4.20. The lowest BCUT2D eigenvalue weighted by Gasteiger charge is -2.04. The number of imidazole rings is 1. The number of fused-ring (bicyclic) bond motifs is 1. The van der Waals surface area contributed by atoms with E-state index in [0.29, 0.717) is 9.36 Å². The summed E-state index contributed by atoms with van der Waals surface area (Å²) in [5.41, 5.74) is -1.30. The van der Waals surface area contributed by atoms with Crippen LogP contribution in [-0.2, 0) is 10.0 Å². The topological polar surface area (TPSA) is 122 Å². The molecule has 21 heavy (non-hydrogen) atoms.